The molecule has 6 nitrogen and oxygen atoms in total. The molecule has 0 N–H and O–H groups in total. The lowest BCUT2D eigenvalue weighted by Crippen LogP contribution is -1.97. The van der Waals surface area contributed by atoms with Gasteiger partial charge in [-0.1, -0.05) is 11.3 Å². The van der Waals surface area contributed by atoms with Crippen LogP contribution in [0.1, 0.15) is 18.2 Å². The zero-order valence-corrected chi connectivity index (χ0v) is 16.7. The highest BCUT2D eigenvalue weighted by atomic mass is 32.1. The molecule has 0 saturated heterocycles. The minimum atomic E-state index is 0.590. The average Bonchev–Trinajstić information content (AvgIpc) is 3.37. The molecular formula is C21H19N3O3S. The van der Waals surface area contributed by atoms with Crippen LogP contribution >= 0.6 is 11.3 Å². The van der Waals surface area contributed by atoms with E-state index in [4.69, 9.17) is 24.3 Å². The molecule has 0 amide bonds. The topological polar surface area (TPSA) is 57.9 Å². The number of hydrogen-bond acceptors (Lipinski definition) is 6. The van der Waals surface area contributed by atoms with Crippen LogP contribution in [0.25, 0.3) is 26.8 Å². The van der Waals surface area contributed by atoms with Crippen LogP contribution in [0.2, 0.25) is 0 Å². The van der Waals surface area contributed by atoms with Crippen LogP contribution in [0.5, 0.6) is 17.2 Å². The fourth-order valence-electron chi connectivity index (χ4n) is 3.59. The molecule has 0 atom stereocenters. The number of nitrogens with zero attached hydrogens (tertiary/aromatic N) is 3. The first kappa shape index (κ1) is 17.1. The Morgan fingerprint density at radius 1 is 1.07 bits per heavy atom. The molecule has 1 aliphatic carbocycles. The molecule has 0 aliphatic heterocycles. The van der Waals surface area contributed by atoms with Crippen LogP contribution in [0.3, 0.4) is 0 Å². The Morgan fingerprint density at radius 2 is 1.89 bits per heavy atom. The minimum Gasteiger partial charge on any atom is -0.497 e. The van der Waals surface area contributed by atoms with Crippen molar-refractivity contribution in [3.05, 3.63) is 47.7 Å². The van der Waals surface area contributed by atoms with E-state index < -0.39 is 0 Å². The normalized spacial score (nSPS) is 12.1. The Bertz CT molecular complexity index is 1180. The molecule has 28 heavy (non-hydrogen) atoms. The second kappa shape index (κ2) is 6.53. The predicted octanol–water partition coefficient (Wildman–Crippen LogP) is 4.44. The monoisotopic (exact) mass is 393 g/mol. The van der Waals surface area contributed by atoms with Crippen LogP contribution < -0.4 is 14.2 Å². The van der Waals surface area contributed by atoms with E-state index in [2.05, 4.69) is 0 Å². The molecule has 0 saturated carbocycles. The lowest BCUT2D eigenvalue weighted by Gasteiger charge is -2.11. The number of imidazole rings is 1. The zero-order chi connectivity index (χ0) is 19.3. The van der Waals surface area contributed by atoms with Crippen molar-refractivity contribution in [2.45, 2.75) is 13.3 Å². The maximum absolute atomic E-state index is 5.74. The SMILES string of the molecule is CCOc1cc2c(cc1OC)Cc1c-2nc2sc(-c3ccc(OC)cc3)nn12. The summed E-state index contributed by atoms with van der Waals surface area (Å²) >= 11 is 1.59. The number of fused-ring (bicyclic) bond motifs is 5. The quantitative estimate of drug-likeness (QED) is 0.442. The van der Waals surface area contributed by atoms with Crippen molar-refractivity contribution in [1.29, 1.82) is 0 Å². The first-order chi connectivity index (χ1) is 13.7. The van der Waals surface area contributed by atoms with E-state index in [0.717, 1.165) is 56.2 Å². The Kier molecular flexibility index (Phi) is 3.98. The fraction of sp³-hybridized carbons (Fsp3) is 0.238. The minimum absolute atomic E-state index is 0.590. The van der Waals surface area contributed by atoms with Gasteiger partial charge >= 0.3 is 0 Å². The highest BCUT2D eigenvalue weighted by molar-refractivity contribution is 7.19. The number of aromatic nitrogens is 3. The van der Waals surface area contributed by atoms with Gasteiger partial charge in [-0.15, -0.1) is 0 Å². The molecule has 0 fully saturated rings. The third-order valence-electron chi connectivity index (χ3n) is 4.94. The molecule has 0 unspecified atom stereocenters. The summed E-state index contributed by atoms with van der Waals surface area (Å²) in [4.78, 5) is 5.77. The maximum Gasteiger partial charge on any atom is 0.213 e. The van der Waals surface area contributed by atoms with E-state index >= 15 is 0 Å². The van der Waals surface area contributed by atoms with Gasteiger partial charge < -0.3 is 14.2 Å². The maximum atomic E-state index is 5.74. The second-order valence-electron chi connectivity index (χ2n) is 6.51. The van der Waals surface area contributed by atoms with E-state index in [9.17, 15) is 0 Å². The largest absolute Gasteiger partial charge is 0.497 e. The van der Waals surface area contributed by atoms with E-state index in [1.165, 1.54) is 5.56 Å². The van der Waals surface area contributed by atoms with Gasteiger partial charge in [0.1, 0.15) is 10.8 Å². The highest BCUT2D eigenvalue weighted by Crippen LogP contribution is 2.43. The number of hydrogen-bond donors (Lipinski definition) is 0. The molecular weight excluding hydrogens is 374 g/mol. The van der Waals surface area contributed by atoms with Crippen molar-refractivity contribution in [3.8, 4) is 39.1 Å². The summed E-state index contributed by atoms with van der Waals surface area (Å²) in [7, 11) is 3.33. The molecule has 2 aromatic heterocycles. The highest BCUT2D eigenvalue weighted by Gasteiger charge is 2.28. The zero-order valence-electron chi connectivity index (χ0n) is 15.9. The average molecular weight is 393 g/mol. The van der Waals surface area contributed by atoms with Crippen molar-refractivity contribution in [3.63, 3.8) is 0 Å². The number of rotatable bonds is 5. The van der Waals surface area contributed by atoms with Gasteiger partial charge in [-0.3, -0.25) is 0 Å². The van der Waals surface area contributed by atoms with Crippen molar-refractivity contribution in [2.24, 2.45) is 0 Å². The Hall–Kier alpha value is -3.06. The van der Waals surface area contributed by atoms with E-state index in [1.807, 2.05) is 47.8 Å². The number of ether oxygens (including phenoxy) is 3. The lowest BCUT2D eigenvalue weighted by molar-refractivity contribution is 0.311. The first-order valence-electron chi connectivity index (χ1n) is 9.08. The molecule has 2 heterocycles. The predicted molar refractivity (Wildman–Crippen MR) is 109 cm³/mol. The Labute approximate surface area is 166 Å². The van der Waals surface area contributed by atoms with Crippen LogP contribution in [-0.4, -0.2) is 35.4 Å². The van der Waals surface area contributed by atoms with E-state index in [-0.39, 0.29) is 0 Å². The molecule has 0 bridgehead atoms. The smallest absolute Gasteiger partial charge is 0.213 e. The fourth-order valence-corrected chi connectivity index (χ4v) is 4.52. The molecule has 0 spiro atoms. The van der Waals surface area contributed by atoms with Crippen molar-refractivity contribution in [2.75, 3.05) is 20.8 Å². The lowest BCUT2D eigenvalue weighted by atomic mass is 10.1. The van der Waals surface area contributed by atoms with Gasteiger partial charge in [-0.2, -0.15) is 5.10 Å². The van der Waals surface area contributed by atoms with E-state index in [0.29, 0.717) is 6.61 Å². The summed E-state index contributed by atoms with van der Waals surface area (Å²) in [5.74, 6) is 2.34. The first-order valence-corrected chi connectivity index (χ1v) is 9.90. The standard InChI is InChI=1S/C21H19N3O3S/c1-4-27-18-11-15-13(10-17(18)26-3)9-16-19(15)22-21-24(16)23-20(28-21)12-5-7-14(25-2)8-6-12/h5-8,10-11H,4,9H2,1-3H3. The summed E-state index contributed by atoms with van der Waals surface area (Å²) in [6.07, 6.45) is 0.778. The third kappa shape index (κ3) is 2.54. The summed E-state index contributed by atoms with van der Waals surface area (Å²) < 4.78 is 18.4. The van der Waals surface area contributed by atoms with Crippen molar-refractivity contribution >= 4 is 16.3 Å². The van der Waals surface area contributed by atoms with E-state index in [1.54, 1.807) is 25.6 Å². The number of benzene rings is 2. The van der Waals surface area contributed by atoms with Gasteiger partial charge in [0.2, 0.25) is 4.96 Å². The Morgan fingerprint density at radius 3 is 2.61 bits per heavy atom. The van der Waals surface area contributed by atoms with Crippen LogP contribution in [0.15, 0.2) is 36.4 Å². The van der Waals surface area contributed by atoms with Crippen LogP contribution in [0, 0.1) is 0 Å². The van der Waals surface area contributed by atoms with Crippen molar-refractivity contribution in [1.82, 2.24) is 14.6 Å². The van der Waals surface area contributed by atoms with Gasteiger partial charge in [-0.05, 0) is 48.9 Å². The molecule has 0 radical (unpaired) electrons. The second-order valence-corrected chi connectivity index (χ2v) is 7.46. The molecule has 4 aromatic rings. The molecule has 7 heteroatoms. The van der Waals surface area contributed by atoms with Gasteiger partial charge in [0.25, 0.3) is 0 Å². The Balaban J connectivity index is 1.57. The summed E-state index contributed by atoms with van der Waals surface area (Å²) in [5.41, 5.74) is 5.44. The summed E-state index contributed by atoms with van der Waals surface area (Å²) in [6, 6.07) is 12.0. The molecule has 142 valence electrons. The van der Waals surface area contributed by atoms with Crippen LogP contribution in [0.4, 0.5) is 0 Å². The molecule has 2 aromatic carbocycles. The number of methoxy groups -OCH3 is 2. The third-order valence-corrected chi connectivity index (χ3v) is 5.89. The van der Waals surface area contributed by atoms with Gasteiger partial charge in [0, 0.05) is 17.5 Å². The molecule has 5 rings (SSSR count). The summed E-state index contributed by atoms with van der Waals surface area (Å²) in [5, 5.41) is 5.77. The van der Waals surface area contributed by atoms with Gasteiger partial charge in [-0.25, -0.2) is 9.50 Å². The molecule has 1 aliphatic rings. The summed E-state index contributed by atoms with van der Waals surface area (Å²) in [6.45, 7) is 2.56. The van der Waals surface area contributed by atoms with Gasteiger partial charge in [0.05, 0.1) is 32.2 Å². The van der Waals surface area contributed by atoms with Crippen LogP contribution in [-0.2, 0) is 6.42 Å². The van der Waals surface area contributed by atoms with Crippen molar-refractivity contribution < 1.29 is 14.2 Å². The van der Waals surface area contributed by atoms with Gasteiger partial charge in [0.15, 0.2) is 11.5 Å².